The van der Waals surface area contributed by atoms with Gasteiger partial charge in [-0.15, -0.1) is 17.9 Å². The van der Waals surface area contributed by atoms with Crippen molar-refractivity contribution in [3.63, 3.8) is 0 Å². The highest BCUT2D eigenvalue weighted by molar-refractivity contribution is 7.26. The zero-order valence-corrected chi connectivity index (χ0v) is 28.6. The van der Waals surface area contributed by atoms with Gasteiger partial charge in [0.25, 0.3) is 0 Å². The maximum Gasteiger partial charge on any atom is 0.164 e. The van der Waals surface area contributed by atoms with Crippen LogP contribution in [0.15, 0.2) is 163 Å². The van der Waals surface area contributed by atoms with Crippen molar-refractivity contribution in [2.75, 3.05) is 0 Å². The number of aromatic nitrogens is 4. The fourth-order valence-electron chi connectivity index (χ4n) is 6.73. The molecule has 10 rings (SSSR count). The molecule has 51 heavy (non-hydrogen) atoms. The minimum Gasteiger partial charge on any atom is -0.455 e. The molecule has 242 valence electrons. The lowest BCUT2D eigenvalue weighted by Crippen LogP contribution is -1.95. The van der Waals surface area contributed by atoms with E-state index in [1.807, 2.05) is 61.5 Å². The van der Waals surface area contributed by atoms with Crippen LogP contribution in [0.1, 0.15) is 6.92 Å². The van der Waals surface area contributed by atoms with E-state index in [9.17, 15) is 0 Å². The van der Waals surface area contributed by atoms with E-state index in [1.54, 1.807) is 17.4 Å². The van der Waals surface area contributed by atoms with Gasteiger partial charge in [0.1, 0.15) is 11.2 Å². The number of para-hydroxylation sites is 2. The highest BCUT2D eigenvalue weighted by Gasteiger charge is 2.22. The van der Waals surface area contributed by atoms with Crippen LogP contribution in [0.5, 0.6) is 0 Å². The largest absolute Gasteiger partial charge is 0.455 e. The van der Waals surface area contributed by atoms with Gasteiger partial charge in [0.2, 0.25) is 0 Å². The highest BCUT2D eigenvalue weighted by Crippen LogP contribution is 2.43. The normalized spacial score (nSPS) is 11.3. The number of fused-ring (bicyclic) bond motifs is 7. The number of nitrogens with zero attached hydrogens (tertiary/aromatic N) is 4. The van der Waals surface area contributed by atoms with E-state index < -0.39 is 0 Å². The molecule has 0 bridgehead atoms. The summed E-state index contributed by atoms with van der Waals surface area (Å²) in [5.74, 6) is 1.28. The van der Waals surface area contributed by atoms with Crippen LogP contribution in [0.4, 0.5) is 0 Å². The fraction of sp³-hybridized carbons (Fsp3) is 0.0222. The molecule has 0 radical (unpaired) electrons. The van der Waals surface area contributed by atoms with E-state index >= 15 is 0 Å². The van der Waals surface area contributed by atoms with E-state index in [4.69, 9.17) is 24.4 Å². The Labute approximate surface area is 298 Å². The Morgan fingerprint density at radius 2 is 1.14 bits per heavy atom. The molecule has 0 aliphatic carbocycles. The third kappa shape index (κ3) is 5.25. The molecular weight excluding hydrogens is 645 g/mol. The first-order valence-electron chi connectivity index (χ1n) is 16.8. The molecule has 0 saturated heterocycles. The van der Waals surface area contributed by atoms with Crippen LogP contribution in [-0.4, -0.2) is 19.9 Å². The van der Waals surface area contributed by atoms with Crippen molar-refractivity contribution in [2.45, 2.75) is 6.92 Å². The molecule has 0 spiro atoms. The van der Waals surface area contributed by atoms with Gasteiger partial charge >= 0.3 is 0 Å². The molecule has 5 nitrogen and oxygen atoms in total. The Hall–Kier alpha value is -6.50. The Morgan fingerprint density at radius 3 is 1.92 bits per heavy atom. The quantitative estimate of drug-likeness (QED) is 0.174. The molecule has 6 heteroatoms. The zero-order chi connectivity index (χ0) is 34.3. The van der Waals surface area contributed by atoms with Gasteiger partial charge in [0, 0.05) is 42.9 Å². The summed E-state index contributed by atoms with van der Waals surface area (Å²) in [6.07, 6.45) is 1.75. The smallest absolute Gasteiger partial charge is 0.164 e. The van der Waals surface area contributed by atoms with E-state index in [2.05, 4.69) is 97.6 Å². The summed E-state index contributed by atoms with van der Waals surface area (Å²) in [4.78, 5) is 20.7. The van der Waals surface area contributed by atoms with Gasteiger partial charge in [-0.25, -0.2) is 19.9 Å². The first-order chi connectivity index (χ1) is 25.2. The van der Waals surface area contributed by atoms with Crippen LogP contribution in [0.3, 0.4) is 0 Å². The van der Waals surface area contributed by atoms with Gasteiger partial charge in [-0.2, -0.15) is 0 Å². The minimum absolute atomic E-state index is 0.629. The van der Waals surface area contributed by atoms with Gasteiger partial charge in [0.15, 0.2) is 11.6 Å². The van der Waals surface area contributed by atoms with E-state index in [1.165, 1.54) is 4.70 Å². The molecule has 6 aromatic carbocycles. The lowest BCUT2D eigenvalue weighted by molar-refractivity contribution is 0.669. The summed E-state index contributed by atoms with van der Waals surface area (Å²) in [6.45, 7) is 5.25. The number of allylic oxidation sites excluding steroid dienone is 1. The summed E-state index contributed by atoms with van der Waals surface area (Å²) >= 11 is 1.73. The molecule has 0 atom stereocenters. The van der Waals surface area contributed by atoms with Crippen molar-refractivity contribution < 1.29 is 4.42 Å². The average Bonchev–Trinajstić information content (AvgIpc) is 3.77. The zero-order valence-electron chi connectivity index (χ0n) is 27.7. The predicted octanol–water partition coefficient (Wildman–Crippen LogP) is 12.5. The number of benzene rings is 6. The highest BCUT2D eigenvalue weighted by atomic mass is 32.1. The van der Waals surface area contributed by atoms with Crippen LogP contribution in [0, 0.1) is 0 Å². The Bertz CT molecular complexity index is 2890. The van der Waals surface area contributed by atoms with Gasteiger partial charge in [-0.1, -0.05) is 127 Å². The maximum atomic E-state index is 6.70. The summed E-state index contributed by atoms with van der Waals surface area (Å²) < 4.78 is 8.96. The first-order valence-corrected chi connectivity index (χ1v) is 17.6. The van der Waals surface area contributed by atoms with Crippen molar-refractivity contribution in [3.05, 3.63) is 158 Å². The summed E-state index contributed by atoms with van der Waals surface area (Å²) in [6, 6.07) is 49.6. The monoisotopic (exact) mass is 674 g/mol. The summed E-state index contributed by atoms with van der Waals surface area (Å²) in [7, 11) is 0. The second-order valence-electron chi connectivity index (χ2n) is 12.2. The molecule has 0 unspecified atom stereocenters. The molecule has 4 heterocycles. The van der Waals surface area contributed by atoms with Crippen LogP contribution in [0.25, 0.3) is 98.4 Å². The first kappa shape index (κ1) is 30.6. The fourth-order valence-corrected chi connectivity index (χ4v) is 7.88. The standard InChI is InChI=1S/C42H24N4OS.C3H6/c1-3-13-25(14-4-1)36-27-17-7-9-22-32(27)43-41(44-36)30-20-12-23-33-35(30)29-19-11-21-31(39(29)47-33)42-45-37(26-15-5-2-6-16-26)40-38(46-42)28-18-8-10-24-34(28)48-40;1-3-2/h1-24H;3H,1H2,2H3. The molecule has 0 saturated carbocycles. The van der Waals surface area contributed by atoms with Crippen LogP contribution in [0.2, 0.25) is 0 Å². The van der Waals surface area contributed by atoms with E-state index in [0.29, 0.717) is 11.6 Å². The summed E-state index contributed by atoms with van der Waals surface area (Å²) in [5, 5.41) is 4.08. The Kier molecular flexibility index (Phi) is 7.64. The Balaban J connectivity index is 0.00000112. The number of furan rings is 1. The van der Waals surface area contributed by atoms with E-state index in [0.717, 1.165) is 82.1 Å². The van der Waals surface area contributed by atoms with Gasteiger partial charge in [0.05, 0.1) is 32.7 Å². The van der Waals surface area contributed by atoms with Crippen molar-refractivity contribution in [1.82, 2.24) is 19.9 Å². The Morgan fingerprint density at radius 1 is 0.549 bits per heavy atom. The predicted molar refractivity (Wildman–Crippen MR) is 213 cm³/mol. The molecular formula is C45H30N4OS. The minimum atomic E-state index is 0.629. The molecule has 10 aromatic rings. The molecule has 0 N–H and O–H groups in total. The molecule has 0 aliphatic rings. The third-order valence-electron chi connectivity index (χ3n) is 8.92. The number of hydrogen-bond acceptors (Lipinski definition) is 6. The lowest BCUT2D eigenvalue weighted by atomic mass is 10.0. The second kappa shape index (κ2) is 12.8. The van der Waals surface area contributed by atoms with Gasteiger partial charge in [-0.05, 0) is 31.2 Å². The van der Waals surface area contributed by atoms with Crippen molar-refractivity contribution in [3.8, 4) is 45.3 Å². The van der Waals surface area contributed by atoms with E-state index in [-0.39, 0.29) is 0 Å². The second-order valence-corrected chi connectivity index (χ2v) is 13.2. The van der Waals surface area contributed by atoms with Crippen LogP contribution in [-0.2, 0) is 0 Å². The van der Waals surface area contributed by atoms with Crippen molar-refractivity contribution in [2.24, 2.45) is 0 Å². The number of hydrogen-bond donors (Lipinski definition) is 0. The van der Waals surface area contributed by atoms with Crippen molar-refractivity contribution >= 4 is 64.5 Å². The SMILES string of the molecule is C=CC.c1ccc(-c2nc(-c3cccc4oc5c(-c6nc(-c7ccccc7)c7sc8ccccc8c7n6)cccc5c34)nc3ccccc23)cc1. The molecule has 0 amide bonds. The molecule has 0 fully saturated rings. The van der Waals surface area contributed by atoms with Crippen molar-refractivity contribution in [1.29, 1.82) is 0 Å². The molecule has 0 aliphatic heterocycles. The van der Waals surface area contributed by atoms with Crippen LogP contribution >= 0.6 is 11.3 Å². The van der Waals surface area contributed by atoms with Gasteiger partial charge < -0.3 is 4.42 Å². The van der Waals surface area contributed by atoms with Gasteiger partial charge in [-0.3, -0.25) is 0 Å². The number of thiophene rings is 1. The summed E-state index contributed by atoms with van der Waals surface area (Å²) in [5.41, 5.74) is 9.02. The topological polar surface area (TPSA) is 64.7 Å². The molecule has 4 aromatic heterocycles. The van der Waals surface area contributed by atoms with Crippen LogP contribution < -0.4 is 0 Å². The maximum absolute atomic E-state index is 6.70. The average molecular weight is 675 g/mol. The third-order valence-corrected chi connectivity index (χ3v) is 10.1. The lowest BCUT2D eigenvalue weighted by Gasteiger charge is -2.10. The number of rotatable bonds is 4.